The molecule has 1 aliphatic carbocycles. The molecular weight excluding hydrogens is 396 g/mol. The Bertz CT molecular complexity index is 869. The average molecular weight is 429 g/mol. The maximum atomic E-state index is 13.0. The van der Waals surface area contributed by atoms with Gasteiger partial charge in [0.25, 0.3) is 11.8 Å². The molecule has 2 N–H and O–H groups in total. The highest BCUT2D eigenvalue weighted by atomic mass is 16.5. The summed E-state index contributed by atoms with van der Waals surface area (Å²) < 4.78 is 5.70. The molecular formula is C23H32N4O4. The average Bonchev–Trinajstić information content (AvgIpc) is 3.25. The number of carbonyl (C=O) groups is 1. The Morgan fingerprint density at radius 2 is 2.03 bits per heavy atom. The monoisotopic (exact) mass is 428 g/mol. The lowest BCUT2D eigenvalue weighted by molar-refractivity contribution is 0.0754. The minimum Gasteiger partial charge on any atom is -0.491 e. The van der Waals surface area contributed by atoms with Gasteiger partial charge in [0.15, 0.2) is 5.69 Å². The number of hydrogen-bond acceptors (Lipinski definition) is 7. The van der Waals surface area contributed by atoms with E-state index in [1.807, 2.05) is 25.1 Å². The summed E-state index contributed by atoms with van der Waals surface area (Å²) in [5.41, 5.74) is 0.808. The molecule has 31 heavy (non-hydrogen) atoms. The van der Waals surface area contributed by atoms with Gasteiger partial charge in [0.05, 0.1) is 13.2 Å². The Labute approximate surface area is 183 Å². The molecule has 8 heteroatoms. The predicted molar refractivity (Wildman–Crippen MR) is 116 cm³/mol. The van der Waals surface area contributed by atoms with Gasteiger partial charge in [-0.05, 0) is 31.4 Å². The van der Waals surface area contributed by atoms with E-state index in [2.05, 4.69) is 15.0 Å². The van der Waals surface area contributed by atoms with Crippen LogP contribution in [0.25, 0.3) is 0 Å². The Morgan fingerprint density at radius 3 is 2.68 bits per heavy atom. The highest BCUT2D eigenvalue weighted by molar-refractivity contribution is 5.95. The quantitative estimate of drug-likeness (QED) is 0.560. The molecule has 0 radical (unpaired) electrons. The van der Waals surface area contributed by atoms with Crippen molar-refractivity contribution in [3.05, 3.63) is 41.6 Å². The molecule has 0 saturated heterocycles. The van der Waals surface area contributed by atoms with Crippen LogP contribution in [0.5, 0.6) is 11.6 Å². The van der Waals surface area contributed by atoms with Crippen LogP contribution in [0.15, 0.2) is 24.4 Å². The van der Waals surface area contributed by atoms with E-state index in [0.29, 0.717) is 18.9 Å². The molecule has 2 heterocycles. The minimum atomic E-state index is -0.419. The van der Waals surface area contributed by atoms with E-state index >= 15 is 0 Å². The largest absolute Gasteiger partial charge is 0.491 e. The van der Waals surface area contributed by atoms with Crippen molar-refractivity contribution in [2.75, 3.05) is 26.8 Å². The predicted octanol–water partition coefficient (Wildman–Crippen LogP) is 2.87. The third-order valence-electron chi connectivity index (χ3n) is 5.89. The van der Waals surface area contributed by atoms with Gasteiger partial charge in [0, 0.05) is 37.3 Å². The van der Waals surface area contributed by atoms with E-state index in [0.717, 1.165) is 44.2 Å². The highest BCUT2D eigenvalue weighted by Crippen LogP contribution is 2.43. The zero-order chi connectivity index (χ0) is 22.3. The Kier molecular flexibility index (Phi) is 7.79. The first kappa shape index (κ1) is 22.9. The number of hydrogen-bond donors (Lipinski definition) is 2. The number of aliphatic hydroxyl groups excluding tert-OH is 1. The molecule has 1 aliphatic rings. The first-order valence-electron chi connectivity index (χ1n) is 11.0. The normalized spacial score (nSPS) is 15.1. The lowest BCUT2D eigenvalue weighted by Crippen LogP contribution is -2.32. The van der Waals surface area contributed by atoms with Crippen LogP contribution in [-0.2, 0) is 11.8 Å². The molecule has 1 saturated carbocycles. The summed E-state index contributed by atoms with van der Waals surface area (Å²) >= 11 is 0. The van der Waals surface area contributed by atoms with E-state index in [4.69, 9.17) is 4.74 Å². The lowest BCUT2D eigenvalue weighted by Gasteiger charge is -2.28. The summed E-state index contributed by atoms with van der Waals surface area (Å²) in [5, 5.41) is 19.9. The number of aliphatic hydroxyl groups is 1. The Morgan fingerprint density at radius 1 is 1.26 bits per heavy atom. The van der Waals surface area contributed by atoms with Gasteiger partial charge in [0.2, 0.25) is 5.75 Å². The molecule has 0 aliphatic heterocycles. The molecule has 3 rings (SSSR count). The first-order chi connectivity index (χ1) is 15.0. The molecule has 0 aromatic carbocycles. The van der Waals surface area contributed by atoms with Crippen molar-refractivity contribution < 1.29 is 19.7 Å². The smallest absolute Gasteiger partial charge is 0.276 e. The van der Waals surface area contributed by atoms with Crippen molar-refractivity contribution in [3.8, 4) is 11.6 Å². The van der Waals surface area contributed by atoms with Gasteiger partial charge in [-0.1, -0.05) is 32.3 Å². The van der Waals surface area contributed by atoms with E-state index in [1.54, 1.807) is 13.2 Å². The van der Waals surface area contributed by atoms with Crippen LogP contribution in [0, 0.1) is 0 Å². The van der Waals surface area contributed by atoms with E-state index in [-0.39, 0.29) is 35.9 Å². The Hall–Kier alpha value is -2.74. The third kappa shape index (κ3) is 5.31. The number of amides is 1. The molecule has 1 fully saturated rings. The second kappa shape index (κ2) is 10.5. The maximum absolute atomic E-state index is 13.0. The fourth-order valence-electron chi connectivity index (χ4n) is 4.15. The number of carbonyl (C=O) groups excluding carboxylic acids is 1. The molecule has 2 aromatic heterocycles. The zero-order valence-electron chi connectivity index (χ0n) is 18.4. The molecule has 8 nitrogen and oxygen atoms in total. The topological polar surface area (TPSA) is 109 Å². The number of ether oxygens (including phenoxy) is 1. The van der Waals surface area contributed by atoms with Crippen molar-refractivity contribution in [3.63, 3.8) is 0 Å². The molecule has 2 aromatic rings. The summed E-state index contributed by atoms with van der Waals surface area (Å²) in [4.78, 5) is 27.8. The van der Waals surface area contributed by atoms with Crippen LogP contribution in [0.1, 0.15) is 67.5 Å². The van der Waals surface area contributed by atoms with Crippen LogP contribution >= 0.6 is 0 Å². The molecule has 0 unspecified atom stereocenters. The first-order valence-corrected chi connectivity index (χ1v) is 11.0. The maximum Gasteiger partial charge on any atom is 0.276 e. The van der Waals surface area contributed by atoms with Crippen LogP contribution in [0.2, 0.25) is 0 Å². The molecule has 0 bridgehead atoms. The number of rotatable bonds is 10. The summed E-state index contributed by atoms with van der Waals surface area (Å²) in [6, 6.07) is 5.89. The molecule has 0 spiro atoms. The van der Waals surface area contributed by atoms with Crippen molar-refractivity contribution in [2.45, 2.75) is 57.3 Å². The number of nitrogens with zero attached hydrogens (tertiary/aromatic N) is 4. The fourth-order valence-corrected chi connectivity index (χ4v) is 4.15. The van der Waals surface area contributed by atoms with Gasteiger partial charge in [0.1, 0.15) is 5.82 Å². The number of likely N-dealkylation sites (N-methyl/N-ethyl adjacent to an activating group) is 1. The van der Waals surface area contributed by atoms with Gasteiger partial charge in [-0.2, -0.15) is 4.98 Å². The van der Waals surface area contributed by atoms with E-state index < -0.39 is 5.91 Å². The van der Waals surface area contributed by atoms with Gasteiger partial charge < -0.3 is 19.8 Å². The minimum absolute atomic E-state index is 0.00491. The van der Waals surface area contributed by atoms with Gasteiger partial charge in [-0.25, -0.2) is 4.98 Å². The van der Waals surface area contributed by atoms with E-state index in [9.17, 15) is 15.0 Å². The summed E-state index contributed by atoms with van der Waals surface area (Å²) in [5.74, 6) is -0.340. The summed E-state index contributed by atoms with van der Waals surface area (Å²) in [7, 11) is 1.58. The van der Waals surface area contributed by atoms with Crippen molar-refractivity contribution in [1.29, 1.82) is 0 Å². The Balaban J connectivity index is 1.97. The standard InChI is InChI=1S/C23H32N4O4/c1-3-4-15-31-20-19(22(30)27(2)13-14-28)25-18(26-21(20)29)16-23(10-6-7-11-23)17-9-5-8-12-24-17/h5,8-9,12,28H,3-4,6-7,10-11,13-16H2,1-2H3,(H,25,26,29). The van der Waals surface area contributed by atoms with Crippen molar-refractivity contribution in [1.82, 2.24) is 19.9 Å². The van der Waals surface area contributed by atoms with E-state index in [1.165, 1.54) is 4.90 Å². The number of aromatic nitrogens is 3. The van der Waals surface area contributed by atoms with Crippen LogP contribution in [0.3, 0.4) is 0 Å². The second-order valence-electron chi connectivity index (χ2n) is 8.17. The highest BCUT2D eigenvalue weighted by Gasteiger charge is 2.38. The van der Waals surface area contributed by atoms with Crippen LogP contribution in [0.4, 0.5) is 0 Å². The molecule has 168 valence electrons. The second-order valence-corrected chi connectivity index (χ2v) is 8.17. The fraction of sp³-hybridized carbons (Fsp3) is 0.565. The van der Waals surface area contributed by atoms with Crippen LogP contribution < -0.4 is 4.74 Å². The van der Waals surface area contributed by atoms with Crippen molar-refractivity contribution >= 4 is 5.91 Å². The molecule has 1 amide bonds. The number of pyridine rings is 1. The number of unbranched alkanes of at least 4 members (excludes halogenated alkanes) is 1. The van der Waals surface area contributed by atoms with Crippen LogP contribution in [-0.4, -0.2) is 62.8 Å². The lowest BCUT2D eigenvalue weighted by atomic mass is 9.79. The summed E-state index contributed by atoms with van der Waals surface area (Å²) in [6.45, 7) is 2.38. The van der Waals surface area contributed by atoms with Gasteiger partial charge >= 0.3 is 0 Å². The SMILES string of the molecule is CCCCOc1c(O)nc(CC2(c3ccccn3)CCCC2)nc1C(=O)N(C)CCO. The third-order valence-corrected chi connectivity index (χ3v) is 5.89. The summed E-state index contributed by atoms with van der Waals surface area (Å²) in [6.07, 6.45) is 8.06. The van der Waals surface area contributed by atoms with Gasteiger partial charge in [-0.3, -0.25) is 9.78 Å². The van der Waals surface area contributed by atoms with Crippen molar-refractivity contribution in [2.24, 2.45) is 0 Å². The van der Waals surface area contributed by atoms with Gasteiger partial charge in [-0.15, -0.1) is 0 Å². The number of aromatic hydroxyl groups is 1. The zero-order valence-corrected chi connectivity index (χ0v) is 18.4. The molecule has 0 atom stereocenters.